The van der Waals surface area contributed by atoms with Crippen LogP contribution >= 0.6 is 0 Å². The first-order chi connectivity index (χ1) is 9.63. The summed E-state index contributed by atoms with van der Waals surface area (Å²) in [4.78, 5) is 15.6. The Labute approximate surface area is 114 Å². The first-order valence-electron chi connectivity index (χ1n) is 5.93. The molecule has 100 valence electrons. The largest absolute Gasteiger partial charge is 0.478 e. The third-order valence-electron chi connectivity index (χ3n) is 2.83. The summed E-state index contributed by atoms with van der Waals surface area (Å²) < 4.78 is 7.13. The number of hydrogen-bond donors (Lipinski definition) is 1. The fourth-order valence-corrected chi connectivity index (χ4v) is 1.95. The SMILES string of the molecule is Cn1cc(Oc2cc(C(=O)O)c3ccccc3n2)cn1. The number of nitrogens with zero attached hydrogens (tertiary/aromatic N) is 3. The van der Waals surface area contributed by atoms with Crippen molar-refractivity contribution in [1.82, 2.24) is 14.8 Å². The summed E-state index contributed by atoms with van der Waals surface area (Å²) in [6.07, 6.45) is 3.22. The Balaban J connectivity index is 2.10. The first kappa shape index (κ1) is 12.2. The van der Waals surface area contributed by atoms with E-state index in [9.17, 15) is 9.90 Å². The number of para-hydroxylation sites is 1. The molecule has 0 unspecified atom stereocenters. The number of carboxylic acid groups (broad SMARTS) is 1. The normalized spacial score (nSPS) is 10.7. The summed E-state index contributed by atoms with van der Waals surface area (Å²) in [7, 11) is 1.77. The average molecular weight is 269 g/mol. The molecule has 0 aliphatic rings. The zero-order chi connectivity index (χ0) is 14.1. The highest BCUT2D eigenvalue weighted by molar-refractivity contribution is 6.02. The number of carboxylic acids is 1. The topological polar surface area (TPSA) is 77.2 Å². The summed E-state index contributed by atoms with van der Waals surface area (Å²) in [5, 5.41) is 13.8. The molecular formula is C14H11N3O3. The van der Waals surface area contributed by atoms with Crippen molar-refractivity contribution in [3.63, 3.8) is 0 Å². The lowest BCUT2D eigenvalue weighted by Gasteiger charge is -2.06. The van der Waals surface area contributed by atoms with Crippen LogP contribution in [0.1, 0.15) is 10.4 Å². The molecule has 0 saturated heterocycles. The Morgan fingerprint density at radius 1 is 1.35 bits per heavy atom. The van der Waals surface area contributed by atoms with E-state index < -0.39 is 5.97 Å². The third kappa shape index (κ3) is 2.18. The van der Waals surface area contributed by atoms with E-state index in [4.69, 9.17) is 4.74 Å². The van der Waals surface area contributed by atoms with Crippen LogP contribution in [-0.4, -0.2) is 25.8 Å². The smallest absolute Gasteiger partial charge is 0.336 e. The molecular weight excluding hydrogens is 258 g/mol. The van der Waals surface area contributed by atoms with Gasteiger partial charge in [0.2, 0.25) is 5.88 Å². The molecule has 2 aromatic heterocycles. The van der Waals surface area contributed by atoms with Crippen molar-refractivity contribution in [3.05, 3.63) is 48.3 Å². The number of aryl methyl sites for hydroxylation is 1. The maximum Gasteiger partial charge on any atom is 0.336 e. The molecule has 0 bridgehead atoms. The van der Waals surface area contributed by atoms with Gasteiger partial charge in [-0.3, -0.25) is 4.68 Å². The zero-order valence-corrected chi connectivity index (χ0v) is 10.6. The van der Waals surface area contributed by atoms with Gasteiger partial charge in [-0.15, -0.1) is 0 Å². The monoisotopic (exact) mass is 269 g/mol. The van der Waals surface area contributed by atoms with Gasteiger partial charge in [-0.2, -0.15) is 5.10 Å². The molecule has 3 aromatic rings. The van der Waals surface area contributed by atoms with E-state index in [0.29, 0.717) is 16.7 Å². The second kappa shape index (κ2) is 4.65. The van der Waals surface area contributed by atoms with E-state index in [2.05, 4.69) is 10.1 Å². The van der Waals surface area contributed by atoms with Crippen LogP contribution in [0.15, 0.2) is 42.7 Å². The van der Waals surface area contributed by atoms with Gasteiger partial charge in [-0.1, -0.05) is 18.2 Å². The van der Waals surface area contributed by atoms with Gasteiger partial charge in [0.15, 0.2) is 5.75 Å². The summed E-state index contributed by atoms with van der Waals surface area (Å²) in [5.41, 5.74) is 0.737. The first-order valence-corrected chi connectivity index (χ1v) is 5.93. The molecule has 0 saturated carbocycles. The number of hydrogen-bond acceptors (Lipinski definition) is 4. The Kier molecular flexibility index (Phi) is 2.83. The fraction of sp³-hybridized carbons (Fsp3) is 0.0714. The van der Waals surface area contributed by atoms with Crippen LogP contribution in [0.4, 0.5) is 0 Å². The second-order valence-electron chi connectivity index (χ2n) is 4.28. The Hall–Kier alpha value is -2.89. The minimum absolute atomic E-state index is 0.162. The maximum atomic E-state index is 11.3. The van der Waals surface area contributed by atoms with Crippen LogP contribution in [-0.2, 0) is 7.05 Å². The highest BCUT2D eigenvalue weighted by Gasteiger charge is 2.13. The number of rotatable bonds is 3. The van der Waals surface area contributed by atoms with E-state index in [0.717, 1.165) is 0 Å². The number of ether oxygens (including phenoxy) is 1. The van der Waals surface area contributed by atoms with Gasteiger partial charge in [0, 0.05) is 18.5 Å². The molecule has 6 nitrogen and oxygen atoms in total. The molecule has 0 atom stereocenters. The van der Waals surface area contributed by atoms with Gasteiger partial charge < -0.3 is 9.84 Å². The van der Waals surface area contributed by atoms with Gasteiger partial charge in [0.1, 0.15) is 0 Å². The molecule has 6 heteroatoms. The molecule has 2 heterocycles. The van der Waals surface area contributed by atoms with Gasteiger partial charge >= 0.3 is 5.97 Å². The van der Waals surface area contributed by atoms with Crippen LogP contribution in [0.2, 0.25) is 0 Å². The van der Waals surface area contributed by atoms with Crippen LogP contribution in [0, 0.1) is 0 Å². The molecule has 0 spiro atoms. The minimum Gasteiger partial charge on any atom is -0.478 e. The summed E-state index contributed by atoms with van der Waals surface area (Å²) >= 11 is 0. The standard InChI is InChI=1S/C14H11N3O3/c1-17-8-9(7-15-17)20-13-6-11(14(18)19)10-4-2-3-5-12(10)16-13/h2-8H,1H3,(H,18,19). The average Bonchev–Trinajstić information content (AvgIpc) is 2.83. The van der Waals surface area contributed by atoms with E-state index in [-0.39, 0.29) is 11.4 Å². The predicted molar refractivity (Wildman–Crippen MR) is 72.0 cm³/mol. The van der Waals surface area contributed by atoms with Crippen molar-refractivity contribution < 1.29 is 14.6 Å². The molecule has 1 N–H and O–H groups in total. The lowest BCUT2D eigenvalue weighted by atomic mass is 10.1. The molecule has 0 fully saturated rings. The Morgan fingerprint density at radius 2 is 2.15 bits per heavy atom. The Morgan fingerprint density at radius 3 is 2.85 bits per heavy atom. The highest BCUT2D eigenvalue weighted by Crippen LogP contribution is 2.25. The fourth-order valence-electron chi connectivity index (χ4n) is 1.95. The highest BCUT2D eigenvalue weighted by atomic mass is 16.5. The van der Waals surface area contributed by atoms with Crippen molar-refractivity contribution >= 4 is 16.9 Å². The van der Waals surface area contributed by atoms with E-state index >= 15 is 0 Å². The molecule has 0 aliphatic heterocycles. The lowest BCUT2D eigenvalue weighted by Crippen LogP contribution is -2.00. The number of carbonyl (C=O) groups is 1. The summed E-state index contributed by atoms with van der Waals surface area (Å²) in [5.74, 6) is -0.277. The molecule has 20 heavy (non-hydrogen) atoms. The molecule has 3 rings (SSSR count). The van der Waals surface area contributed by atoms with Crippen LogP contribution in [0.5, 0.6) is 11.6 Å². The van der Waals surface area contributed by atoms with E-state index in [1.54, 1.807) is 42.2 Å². The van der Waals surface area contributed by atoms with Crippen molar-refractivity contribution in [1.29, 1.82) is 0 Å². The number of aromatic carboxylic acids is 1. The number of aromatic nitrogens is 3. The maximum absolute atomic E-state index is 11.3. The van der Waals surface area contributed by atoms with Crippen molar-refractivity contribution in [2.45, 2.75) is 0 Å². The van der Waals surface area contributed by atoms with Crippen LogP contribution < -0.4 is 4.74 Å². The molecule has 0 aliphatic carbocycles. The lowest BCUT2D eigenvalue weighted by molar-refractivity contribution is 0.0698. The van der Waals surface area contributed by atoms with Gasteiger partial charge in [-0.05, 0) is 6.07 Å². The van der Waals surface area contributed by atoms with E-state index in [1.807, 2.05) is 0 Å². The van der Waals surface area contributed by atoms with Gasteiger partial charge in [0.05, 0.1) is 23.5 Å². The van der Waals surface area contributed by atoms with Crippen LogP contribution in [0.3, 0.4) is 0 Å². The van der Waals surface area contributed by atoms with E-state index in [1.165, 1.54) is 12.3 Å². The van der Waals surface area contributed by atoms with Crippen molar-refractivity contribution in [2.24, 2.45) is 7.05 Å². The summed E-state index contributed by atoms with van der Waals surface area (Å²) in [6, 6.07) is 8.46. The number of fused-ring (bicyclic) bond motifs is 1. The Bertz CT molecular complexity index is 795. The molecule has 1 aromatic carbocycles. The predicted octanol–water partition coefficient (Wildman–Crippen LogP) is 2.46. The van der Waals surface area contributed by atoms with Crippen molar-refractivity contribution in [3.8, 4) is 11.6 Å². The number of benzene rings is 1. The quantitative estimate of drug-likeness (QED) is 0.790. The minimum atomic E-state index is -1.01. The third-order valence-corrected chi connectivity index (χ3v) is 2.83. The van der Waals surface area contributed by atoms with Gasteiger partial charge in [0.25, 0.3) is 0 Å². The molecule has 0 amide bonds. The number of pyridine rings is 1. The summed E-state index contributed by atoms with van der Waals surface area (Å²) in [6.45, 7) is 0. The second-order valence-corrected chi connectivity index (χ2v) is 4.28. The molecule has 0 radical (unpaired) electrons. The van der Waals surface area contributed by atoms with Crippen LogP contribution in [0.25, 0.3) is 10.9 Å². The van der Waals surface area contributed by atoms with Gasteiger partial charge in [-0.25, -0.2) is 9.78 Å². The zero-order valence-electron chi connectivity index (χ0n) is 10.6. The van der Waals surface area contributed by atoms with Crippen molar-refractivity contribution in [2.75, 3.05) is 0 Å².